The van der Waals surface area contributed by atoms with E-state index in [-0.39, 0.29) is 12.0 Å². The summed E-state index contributed by atoms with van der Waals surface area (Å²) < 4.78 is 27.0. The summed E-state index contributed by atoms with van der Waals surface area (Å²) in [5.74, 6) is 0. The van der Waals surface area contributed by atoms with Crippen LogP contribution in [0.2, 0.25) is 0 Å². The lowest BCUT2D eigenvalue weighted by atomic mass is 9.99. The minimum Gasteiger partial charge on any atom is -0.173 e. The molecule has 0 radical (unpaired) electrons. The largest absolute Gasteiger partial charge is 0.274 e. The van der Waals surface area contributed by atoms with Crippen molar-refractivity contribution in [2.45, 2.75) is 6.42 Å². The molecule has 0 fully saturated rings. The normalized spacial score (nSPS) is 10.2. The van der Waals surface area contributed by atoms with E-state index in [2.05, 4.69) is 15.9 Å². The predicted molar refractivity (Wildman–Crippen MR) is 73.4 cm³/mol. The molecular weight excluding hydrogens is 298 g/mol. The lowest BCUT2D eigenvalue weighted by Gasteiger charge is -2.07. The zero-order chi connectivity index (χ0) is 13.0. The Morgan fingerprint density at radius 1 is 0.889 bits per heavy atom. The molecule has 0 aliphatic heterocycles. The van der Waals surface area contributed by atoms with Crippen LogP contribution >= 0.6 is 15.9 Å². The van der Waals surface area contributed by atoms with Crippen molar-refractivity contribution in [3.05, 3.63) is 76.3 Å². The van der Waals surface area contributed by atoms with Crippen LogP contribution in [0, 0.1) is 0 Å². The third kappa shape index (κ3) is 3.26. The van der Waals surface area contributed by atoms with Crippen LogP contribution in [0.1, 0.15) is 11.1 Å². The molecule has 18 heavy (non-hydrogen) atoms. The van der Waals surface area contributed by atoms with Gasteiger partial charge in [-0.25, -0.2) is 0 Å². The zero-order valence-corrected chi connectivity index (χ0v) is 11.1. The van der Waals surface area contributed by atoms with E-state index in [1.165, 1.54) is 0 Å². The van der Waals surface area contributed by atoms with Crippen molar-refractivity contribution in [2.75, 3.05) is 0 Å². The highest BCUT2D eigenvalue weighted by Gasteiger charge is 2.10. The van der Waals surface area contributed by atoms with Crippen LogP contribution in [-0.2, 0) is 6.42 Å². The number of rotatable bonds is 3. The van der Waals surface area contributed by atoms with Crippen LogP contribution in [0.3, 0.4) is 0 Å². The van der Waals surface area contributed by atoms with Crippen LogP contribution in [-0.4, -0.2) is 0 Å². The first-order valence-corrected chi connectivity index (χ1v) is 6.30. The van der Waals surface area contributed by atoms with Gasteiger partial charge in [0.15, 0.2) is 0 Å². The van der Waals surface area contributed by atoms with Crippen molar-refractivity contribution in [2.24, 2.45) is 0 Å². The van der Waals surface area contributed by atoms with Gasteiger partial charge in [-0.3, -0.25) is 0 Å². The van der Waals surface area contributed by atoms with Gasteiger partial charge in [-0.2, -0.15) is 8.78 Å². The number of hydrogen-bond acceptors (Lipinski definition) is 0. The molecule has 0 N–H and O–H groups in total. The molecule has 0 heterocycles. The van der Waals surface area contributed by atoms with Crippen molar-refractivity contribution in [3.8, 4) is 0 Å². The van der Waals surface area contributed by atoms with Crippen LogP contribution in [0.25, 0.3) is 5.57 Å². The molecule has 3 heteroatoms. The quantitative estimate of drug-likeness (QED) is 0.722. The summed E-state index contributed by atoms with van der Waals surface area (Å²) in [5, 5.41) is 0. The van der Waals surface area contributed by atoms with E-state index in [0.29, 0.717) is 5.56 Å². The molecule has 0 aliphatic rings. The molecule has 2 rings (SSSR count). The molecule has 92 valence electrons. The summed E-state index contributed by atoms with van der Waals surface area (Å²) in [6.45, 7) is 0. The van der Waals surface area contributed by atoms with E-state index in [1.54, 1.807) is 24.3 Å². The SMILES string of the molecule is FC(F)=C(Cc1ccccc1)c1ccc(Br)cc1. The second kappa shape index (κ2) is 5.91. The van der Waals surface area contributed by atoms with Gasteiger partial charge in [-0.15, -0.1) is 0 Å². The summed E-state index contributed by atoms with van der Waals surface area (Å²) >= 11 is 3.29. The molecule has 0 nitrogen and oxygen atoms in total. The monoisotopic (exact) mass is 308 g/mol. The third-order valence-electron chi connectivity index (χ3n) is 2.64. The van der Waals surface area contributed by atoms with E-state index < -0.39 is 6.08 Å². The fourth-order valence-electron chi connectivity index (χ4n) is 1.73. The van der Waals surface area contributed by atoms with E-state index in [1.807, 2.05) is 30.3 Å². The van der Waals surface area contributed by atoms with Crippen molar-refractivity contribution in [1.29, 1.82) is 0 Å². The van der Waals surface area contributed by atoms with Gasteiger partial charge >= 0.3 is 0 Å². The molecule has 0 aromatic heterocycles. The maximum atomic E-state index is 13.0. The smallest absolute Gasteiger partial charge is 0.173 e. The summed E-state index contributed by atoms with van der Waals surface area (Å²) in [6, 6.07) is 16.2. The Bertz CT molecular complexity index is 540. The van der Waals surface area contributed by atoms with Gasteiger partial charge in [-0.1, -0.05) is 58.4 Å². The lowest BCUT2D eigenvalue weighted by Crippen LogP contribution is -1.92. The third-order valence-corrected chi connectivity index (χ3v) is 3.17. The number of halogens is 3. The first-order chi connectivity index (χ1) is 8.66. The summed E-state index contributed by atoms with van der Waals surface area (Å²) in [6.07, 6.45) is -1.38. The number of allylic oxidation sites excluding steroid dienone is 1. The summed E-state index contributed by atoms with van der Waals surface area (Å²) in [4.78, 5) is 0. The minimum absolute atomic E-state index is 0.0775. The van der Waals surface area contributed by atoms with Crippen LogP contribution in [0.5, 0.6) is 0 Å². The minimum atomic E-state index is -1.62. The van der Waals surface area contributed by atoms with Crippen LogP contribution in [0.4, 0.5) is 8.78 Å². The second-order valence-electron chi connectivity index (χ2n) is 3.91. The Hall–Kier alpha value is -1.48. The van der Waals surface area contributed by atoms with Gasteiger partial charge in [0.1, 0.15) is 0 Å². The zero-order valence-electron chi connectivity index (χ0n) is 9.54. The molecule has 0 bridgehead atoms. The highest BCUT2D eigenvalue weighted by Crippen LogP contribution is 2.26. The number of hydrogen-bond donors (Lipinski definition) is 0. The van der Waals surface area contributed by atoms with Crippen LogP contribution in [0.15, 0.2) is 65.2 Å². The van der Waals surface area contributed by atoms with E-state index in [0.717, 1.165) is 10.0 Å². The van der Waals surface area contributed by atoms with E-state index in [9.17, 15) is 8.78 Å². The Labute approximate surface area is 113 Å². The second-order valence-corrected chi connectivity index (χ2v) is 4.82. The Balaban J connectivity index is 2.31. The van der Waals surface area contributed by atoms with E-state index >= 15 is 0 Å². The van der Waals surface area contributed by atoms with Gasteiger partial charge in [0.05, 0.1) is 0 Å². The average molecular weight is 309 g/mol. The molecule has 2 aromatic carbocycles. The molecule has 0 amide bonds. The van der Waals surface area contributed by atoms with Crippen molar-refractivity contribution >= 4 is 21.5 Å². The first-order valence-electron chi connectivity index (χ1n) is 5.51. The highest BCUT2D eigenvalue weighted by atomic mass is 79.9. The molecule has 0 spiro atoms. The van der Waals surface area contributed by atoms with Crippen molar-refractivity contribution in [3.63, 3.8) is 0 Å². The fourth-order valence-corrected chi connectivity index (χ4v) is 1.99. The van der Waals surface area contributed by atoms with Gasteiger partial charge in [0, 0.05) is 16.5 Å². The molecule has 0 saturated heterocycles. The van der Waals surface area contributed by atoms with Crippen molar-refractivity contribution in [1.82, 2.24) is 0 Å². The Kier molecular flexibility index (Phi) is 4.26. The first kappa shape index (κ1) is 13.0. The van der Waals surface area contributed by atoms with Gasteiger partial charge in [-0.05, 0) is 23.3 Å². The highest BCUT2D eigenvalue weighted by molar-refractivity contribution is 9.10. The van der Waals surface area contributed by atoms with E-state index in [4.69, 9.17) is 0 Å². The maximum Gasteiger partial charge on any atom is 0.274 e. The predicted octanol–water partition coefficient (Wildman–Crippen LogP) is 5.30. The average Bonchev–Trinajstić information content (AvgIpc) is 2.38. The maximum absolute atomic E-state index is 13.0. The van der Waals surface area contributed by atoms with Gasteiger partial charge in [0.25, 0.3) is 6.08 Å². The summed E-state index contributed by atoms with van der Waals surface area (Å²) in [7, 11) is 0. The molecule has 0 atom stereocenters. The number of benzene rings is 2. The summed E-state index contributed by atoms with van der Waals surface area (Å²) in [5.41, 5.74) is 1.51. The van der Waals surface area contributed by atoms with Gasteiger partial charge in [0.2, 0.25) is 0 Å². The molecular formula is C15H11BrF2. The van der Waals surface area contributed by atoms with Crippen LogP contribution < -0.4 is 0 Å². The lowest BCUT2D eigenvalue weighted by molar-refractivity contribution is 0.424. The van der Waals surface area contributed by atoms with Crippen molar-refractivity contribution < 1.29 is 8.78 Å². The Morgan fingerprint density at radius 2 is 1.50 bits per heavy atom. The molecule has 2 aromatic rings. The Morgan fingerprint density at radius 3 is 2.06 bits per heavy atom. The topological polar surface area (TPSA) is 0 Å². The molecule has 0 unspecified atom stereocenters. The molecule has 0 saturated carbocycles. The fraction of sp³-hybridized carbons (Fsp3) is 0.0667. The molecule has 0 aliphatic carbocycles. The standard InChI is InChI=1S/C15H11BrF2/c16-13-8-6-12(7-9-13)14(15(17)18)10-11-4-2-1-3-5-11/h1-9H,10H2. The van der Waals surface area contributed by atoms with Gasteiger partial charge < -0.3 is 0 Å².